The minimum absolute atomic E-state index is 0.219. The second-order valence-electron chi connectivity index (χ2n) is 5.83. The third kappa shape index (κ3) is 3.44. The Balaban J connectivity index is 1.85. The molecule has 4 atom stereocenters. The summed E-state index contributed by atoms with van der Waals surface area (Å²) in [4.78, 5) is 2.47. The van der Waals surface area contributed by atoms with E-state index in [2.05, 4.69) is 4.90 Å². The van der Waals surface area contributed by atoms with Crippen molar-refractivity contribution in [2.45, 2.75) is 50.4 Å². The van der Waals surface area contributed by atoms with Crippen molar-refractivity contribution >= 4 is 0 Å². The van der Waals surface area contributed by atoms with Crippen LogP contribution in [0.1, 0.15) is 32.1 Å². The van der Waals surface area contributed by atoms with Crippen molar-refractivity contribution in [1.82, 2.24) is 4.90 Å². The molecule has 1 saturated heterocycles. The van der Waals surface area contributed by atoms with Gasteiger partial charge >= 0.3 is 0 Å². The lowest BCUT2D eigenvalue weighted by Crippen LogP contribution is -2.38. The van der Waals surface area contributed by atoms with Crippen molar-refractivity contribution in [3.05, 3.63) is 0 Å². The van der Waals surface area contributed by atoms with Gasteiger partial charge in [-0.25, -0.2) is 0 Å². The summed E-state index contributed by atoms with van der Waals surface area (Å²) in [7, 11) is 3.55. The predicted octanol–water partition coefficient (Wildman–Crippen LogP) is 1.24. The molecular weight excluding hydrogens is 228 g/mol. The number of likely N-dealkylation sites (tertiary alicyclic amines) is 1. The highest BCUT2D eigenvalue weighted by atomic mass is 16.5. The SMILES string of the molecule is COC1CN(CC2CCCCCC2N)CC1OC. The van der Waals surface area contributed by atoms with Gasteiger partial charge in [-0.15, -0.1) is 0 Å². The molecule has 0 aromatic rings. The van der Waals surface area contributed by atoms with E-state index in [9.17, 15) is 0 Å². The van der Waals surface area contributed by atoms with Crippen LogP contribution in [-0.2, 0) is 9.47 Å². The molecule has 4 heteroatoms. The largest absolute Gasteiger partial charge is 0.377 e. The first-order chi connectivity index (χ1) is 8.74. The van der Waals surface area contributed by atoms with Crippen LogP contribution < -0.4 is 5.73 Å². The van der Waals surface area contributed by atoms with Gasteiger partial charge in [-0.1, -0.05) is 19.3 Å². The molecule has 4 unspecified atom stereocenters. The molecule has 2 fully saturated rings. The first kappa shape index (κ1) is 14.3. The maximum atomic E-state index is 6.30. The fraction of sp³-hybridized carbons (Fsp3) is 1.00. The highest BCUT2D eigenvalue weighted by Gasteiger charge is 2.34. The van der Waals surface area contributed by atoms with Crippen LogP contribution in [0.4, 0.5) is 0 Å². The van der Waals surface area contributed by atoms with E-state index in [0.717, 1.165) is 19.6 Å². The van der Waals surface area contributed by atoms with E-state index in [1.54, 1.807) is 14.2 Å². The number of nitrogens with zero attached hydrogens (tertiary/aromatic N) is 1. The summed E-state index contributed by atoms with van der Waals surface area (Å²) >= 11 is 0. The van der Waals surface area contributed by atoms with Crippen LogP contribution in [0.2, 0.25) is 0 Å². The normalized spacial score (nSPS) is 38.8. The Morgan fingerprint density at radius 3 is 2.22 bits per heavy atom. The molecule has 0 amide bonds. The zero-order valence-electron chi connectivity index (χ0n) is 11.8. The molecule has 0 bridgehead atoms. The molecule has 2 aliphatic rings. The van der Waals surface area contributed by atoms with Gasteiger partial charge in [0.2, 0.25) is 0 Å². The minimum atomic E-state index is 0.219. The van der Waals surface area contributed by atoms with E-state index in [0.29, 0.717) is 12.0 Å². The molecule has 1 saturated carbocycles. The Bertz CT molecular complexity index is 238. The smallest absolute Gasteiger partial charge is 0.0971 e. The average Bonchev–Trinajstić information content (AvgIpc) is 2.67. The molecule has 106 valence electrons. The van der Waals surface area contributed by atoms with Crippen molar-refractivity contribution in [3.63, 3.8) is 0 Å². The zero-order valence-corrected chi connectivity index (χ0v) is 11.8. The van der Waals surface area contributed by atoms with Gasteiger partial charge in [0, 0.05) is 39.9 Å². The summed E-state index contributed by atoms with van der Waals surface area (Å²) in [5, 5.41) is 0. The number of methoxy groups -OCH3 is 2. The molecule has 2 rings (SSSR count). The maximum absolute atomic E-state index is 6.30. The second-order valence-corrected chi connectivity index (χ2v) is 5.83. The van der Waals surface area contributed by atoms with Gasteiger partial charge in [-0.05, 0) is 18.8 Å². The lowest BCUT2D eigenvalue weighted by Gasteiger charge is -2.26. The molecule has 2 N–H and O–H groups in total. The molecule has 4 nitrogen and oxygen atoms in total. The standard InChI is InChI=1S/C14H28N2O2/c1-17-13-9-16(10-14(13)18-2)8-11-6-4-3-5-7-12(11)15/h11-14H,3-10,15H2,1-2H3. The van der Waals surface area contributed by atoms with E-state index in [-0.39, 0.29) is 12.2 Å². The van der Waals surface area contributed by atoms with E-state index < -0.39 is 0 Å². The van der Waals surface area contributed by atoms with Crippen LogP contribution in [0, 0.1) is 5.92 Å². The van der Waals surface area contributed by atoms with E-state index >= 15 is 0 Å². The Labute approximate surface area is 111 Å². The van der Waals surface area contributed by atoms with Crippen LogP contribution in [0.15, 0.2) is 0 Å². The van der Waals surface area contributed by atoms with E-state index in [1.165, 1.54) is 32.1 Å². The monoisotopic (exact) mass is 256 g/mol. The molecule has 0 spiro atoms. The lowest BCUT2D eigenvalue weighted by molar-refractivity contribution is -0.00461. The first-order valence-corrected chi connectivity index (χ1v) is 7.28. The number of ether oxygens (including phenoxy) is 2. The van der Waals surface area contributed by atoms with Gasteiger partial charge in [0.25, 0.3) is 0 Å². The van der Waals surface area contributed by atoms with Crippen molar-refractivity contribution in [2.24, 2.45) is 11.7 Å². The molecule has 1 aliphatic carbocycles. The van der Waals surface area contributed by atoms with Gasteiger partial charge in [-0.3, -0.25) is 4.90 Å². The summed E-state index contributed by atoms with van der Waals surface area (Å²) in [6, 6.07) is 0.384. The van der Waals surface area contributed by atoms with Gasteiger partial charge in [0.15, 0.2) is 0 Å². The predicted molar refractivity (Wildman–Crippen MR) is 72.6 cm³/mol. The van der Waals surface area contributed by atoms with E-state index in [4.69, 9.17) is 15.2 Å². The summed E-state index contributed by atoms with van der Waals surface area (Å²) in [6.45, 7) is 3.08. The quantitative estimate of drug-likeness (QED) is 0.769. The number of hydrogen-bond acceptors (Lipinski definition) is 4. The Morgan fingerprint density at radius 2 is 1.61 bits per heavy atom. The topological polar surface area (TPSA) is 47.7 Å². The van der Waals surface area contributed by atoms with Crippen molar-refractivity contribution in [2.75, 3.05) is 33.9 Å². The fourth-order valence-electron chi connectivity index (χ4n) is 3.39. The Hall–Kier alpha value is -0.160. The number of rotatable bonds is 4. The van der Waals surface area contributed by atoms with Crippen LogP contribution in [0.5, 0.6) is 0 Å². The third-order valence-electron chi connectivity index (χ3n) is 4.61. The lowest BCUT2D eigenvalue weighted by atomic mass is 9.95. The molecule has 0 aromatic carbocycles. The van der Waals surface area contributed by atoms with Crippen molar-refractivity contribution in [1.29, 1.82) is 0 Å². The van der Waals surface area contributed by atoms with Gasteiger partial charge in [0.1, 0.15) is 0 Å². The molecule has 1 aliphatic heterocycles. The molecule has 0 aromatic heterocycles. The van der Waals surface area contributed by atoms with E-state index in [1.807, 2.05) is 0 Å². The highest BCUT2D eigenvalue weighted by molar-refractivity contribution is 4.88. The minimum Gasteiger partial charge on any atom is -0.377 e. The summed E-state index contributed by atoms with van der Waals surface area (Å²) in [5.41, 5.74) is 6.30. The third-order valence-corrected chi connectivity index (χ3v) is 4.61. The zero-order chi connectivity index (χ0) is 13.0. The van der Waals surface area contributed by atoms with Gasteiger partial charge in [0.05, 0.1) is 12.2 Å². The molecular formula is C14H28N2O2. The fourth-order valence-corrected chi connectivity index (χ4v) is 3.39. The Kier molecular flexibility index (Phi) is 5.42. The van der Waals surface area contributed by atoms with Crippen LogP contribution in [0.3, 0.4) is 0 Å². The summed E-state index contributed by atoms with van der Waals surface area (Å²) in [5.74, 6) is 0.653. The van der Waals surface area contributed by atoms with Crippen LogP contribution >= 0.6 is 0 Å². The highest BCUT2D eigenvalue weighted by Crippen LogP contribution is 2.25. The van der Waals surface area contributed by atoms with Crippen LogP contribution in [-0.4, -0.2) is 57.0 Å². The second kappa shape index (κ2) is 6.85. The summed E-state index contributed by atoms with van der Waals surface area (Å²) in [6.07, 6.45) is 6.92. The number of nitrogens with two attached hydrogens (primary N) is 1. The van der Waals surface area contributed by atoms with Crippen molar-refractivity contribution in [3.8, 4) is 0 Å². The Morgan fingerprint density at radius 1 is 1.00 bits per heavy atom. The van der Waals surface area contributed by atoms with Crippen LogP contribution in [0.25, 0.3) is 0 Å². The van der Waals surface area contributed by atoms with Crippen molar-refractivity contribution < 1.29 is 9.47 Å². The summed E-state index contributed by atoms with van der Waals surface area (Å²) < 4.78 is 11.0. The molecule has 0 radical (unpaired) electrons. The van der Waals surface area contributed by atoms with Gasteiger partial charge in [-0.2, -0.15) is 0 Å². The van der Waals surface area contributed by atoms with Gasteiger partial charge < -0.3 is 15.2 Å². The first-order valence-electron chi connectivity index (χ1n) is 7.28. The number of hydrogen-bond donors (Lipinski definition) is 1. The molecule has 1 heterocycles. The average molecular weight is 256 g/mol. The molecule has 18 heavy (non-hydrogen) atoms. The maximum Gasteiger partial charge on any atom is 0.0971 e.